The van der Waals surface area contributed by atoms with E-state index in [2.05, 4.69) is 10.3 Å². The number of benzene rings is 1. The van der Waals surface area contributed by atoms with Gasteiger partial charge in [0.2, 0.25) is 0 Å². The van der Waals surface area contributed by atoms with Crippen LogP contribution >= 0.6 is 11.8 Å². The molecule has 2 unspecified atom stereocenters. The molecular weight excluding hydrogens is 350 g/mol. The molecule has 136 valence electrons. The zero-order valence-electron chi connectivity index (χ0n) is 14.5. The summed E-state index contributed by atoms with van der Waals surface area (Å²) in [5.41, 5.74) is 1.95. The number of amides is 2. The highest BCUT2D eigenvalue weighted by Crippen LogP contribution is 2.29. The highest BCUT2D eigenvalue weighted by Gasteiger charge is 2.41. The minimum absolute atomic E-state index is 0.0317. The molecule has 1 saturated heterocycles. The van der Waals surface area contributed by atoms with Crippen LogP contribution in [0, 0.1) is 0 Å². The summed E-state index contributed by atoms with van der Waals surface area (Å²) < 4.78 is 0. The van der Waals surface area contributed by atoms with Crippen molar-refractivity contribution in [3.05, 3.63) is 66.0 Å². The number of carbonyl (C=O) groups is 2. The Balaban J connectivity index is 1.47. The molecule has 0 saturated carbocycles. The molecule has 2 aromatic rings. The van der Waals surface area contributed by atoms with Crippen LogP contribution < -0.4 is 5.32 Å². The largest absolute Gasteiger partial charge is 0.313 e. The Kier molecular flexibility index (Phi) is 6.38. The predicted molar refractivity (Wildman–Crippen MR) is 100 cm³/mol. The molecule has 1 fully saturated rings. The molecule has 3 rings (SSSR count). The van der Waals surface area contributed by atoms with E-state index >= 15 is 0 Å². The molecule has 2 heterocycles. The smallest absolute Gasteiger partial charge is 0.306 e. The standard InChI is InChI=1S/C19H21N3O3S/c1-14(21-12-16-9-5-6-10-20-16)13-25-22-18(23)17(26-19(22)24)11-15-7-3-2-4-8-15/h2-10,14,17,21H,11-13H2,1H3. The maximum atomic E-state index is 12.4. The third-order valence-corrected chi connectivity index (χ3v) is 4.98. The van der Waals surface area contributed by atoms with E-state index in [0.29, 0.717) is 13.0 Å². The average molecular weight is 371 g/mol. The lowest BCUT2D eigenvalue weighted by molar-refractivity contribution is -0.165. The second-order valence-electron chi connectivity index (χ2n) is 6.09. The minimum Gasteiger partial charge on any atom is -0.306 e. The zero-order valence-corrected chi connectivity index (χ0v) is 15.3. The second kappa shape index (κ2) is 8.93. The Hall–Kier alpha value is -2.22. The number of carbonyl (C=O) groups excluding carboxylic acids is 2. The molecule has 0 radical (unpaired) electrons. The lowest BCUT2D eigenvalue weighted by Crippen LogP contribution is -2.38. The van der Waals surface area contributed by atoms with Crippen LogP contribution in [0.15, 0.2) is 54.7 Å². The molecule has 26 heavy (non-hydrogen) atoms. The van der Waals surface area contributed by atoms with Crippen molar-refractivity contribution >= 4 is 22.9 Å². The molecule has 1 aromatic carbocycles. The topological polar surface area (TPSA) is 71.5 Å². The number of hydrogen-bond acceptors (Lipinski definition) is 6. The Morgan fingerprint density at radius 2 is 1.96 bits per heavy atom. The van der Waals surface area contributed by atoms with Crippen molar-refractivity contribution in [1.29, 1.82) is 0 Å². The lowest BCUT2D eigenvalue weighted by atomic mass is 10.1. The first-order valence-electron chi connectivity index (χ1n) is 8.48. The zero-order chi connectivity index (χ0) is 18.4. The van der Waals surface area contributed by atoms with Crippen molar-refractivity contribution in [3.8, 4) is 0 Å². The van der Waals surface area contributed by atoms with E-state index in [1.807, 2.05) is 55.5 Å². The van der Waals surface area contributed by atoms with Gasteiger partial charge in [0.05, 0.1) is 17.6 Å². The van der Waals surface area contributed by atoms with Gasteiger partial charge in [-0.2, -0.15) is 0 Å². The van der Waals surface area contributed by atoms with Crippen LogP contribution in [0.4, 0.5) is 4.79 Å². The molecule has 0 spiro atoms. The Bertz CT molecular complexity index is 742. The van der Waals surface area contributed by atoms with Gasteiger partial charge in [-0.25, -0.2) is 0 Å². The van der Waals surface area contributed by atoms with Gasteiger partial charge in [0.15, 0.2) is 0 Å². The molecular formula is C19H21N3O3S. The van der Waals surface area contributed by atoms with Crippen LogP contribution in [0.25, 0.3) is 0 Å². The van der Waals surface area contributed by atoms with E-state index < -0.39 is 5.25 Å². The number of aromatic nitrogens is 1. The molecule has 0 bridgehead atoms. The lowest BCUT2D eigenvalue weighted by Gasteiger charge is -2.18. The van der Waals surface area contributed by atoms with Crippen LogP contribution in [0.3, 0.4) is 0 Å². The van der Waals surface area contributed by atoms with Crippen molar-refractivity contribution < 1.29 is 14.4 Å². The summed E-state index contributed by atoms with van der Waals surface area (Å²) in [6.07, 6.45) is 2.26. The van der Waals surface area contributed by atoms with Gasteiger partial charge in [0.25, 0.3) is 5.91 Å². The molecule has 1 aliphatic heterocycles. The van der Waals surface area contributed by atoms with Crippen molar-refractivity contribution in [2.75, 3.05) is 6.61 Å². The van der Waals surface area contributed by atoms with Crippen LogP contribution in [-0.2, 0) is 22.6 Å². The predicted octanol–water partition coefficient (Wildman–Crippen LogP) is 2.80. The second-order valence-corrected chi connectivity index (χ2v) is 7.25. The van der Waals surface area contributed by atoms with Gasteiger partial charge < -0.3 is 5.32 Å². The molecule has 1 aromatic heterocycles. The van der Waals surface area contributed by atoms with Gasteiger partial charge >= 0.3 is 5.24 Å². The van der Waals surface area contributed by atoms with E-state index in [9.17, 15) is 9.59 Å². The molecule has 2 amide bonds. The van der Waals surface area contributed by atoms with Crippen LogP contribution in [0.2, 0.25) is 0 Å². The fourth-order valence-corrected chi connectivity index (χ4v) is 3.50. The summed E-state index contributed by atoms with van der Waals surface area (Å²) in [6.45, 7) is 2.75. The first kappa shape index (κ1) is 18.6. The molecule has 1 aliphatic rings. The summed E-state index contributed by atoms with van der Waals surface area (Å²) in [6, 6.07) is 15.4. The van der Waals surface area contributed by atoms with Gasteiger partial charge in [-0.3, -0.25) is 19.4 Å². The fourth-order valence-electron chi connectivity index (χ4n) is 2.54. The van der Waals surface area contributed by atoms with E-state index in [1.165, 1.54) is 0 Å². The van der Waals surface area contributed by atoms with Gasteiger partial charge in [-0.05, 0) is 42.8 Å². The van der Waals surface area contributed by atoms with Gasteiger partial charge in [0.1, 0.15) is 0 Å². The third-order valence-electron chi connectivity index (χ3n) is 3.96. The Morgan fingerprint density at radius 1 is 1.19 bits per heavy atom. The summed E-state index contributed by atoms with van der Waals surface area (Å²) in [7, 11) is 0. The highest BCUT2D eigenvalue weighted by molar-refractivity contribution is 8.15. The summed E-state index contributed by atoms with van der Waals surface area (Å²) in [5, 5.41) is 3.38. The van der Waals surface area contributed by atoms with Gasteiger partial charge in [0, 0.05) is 18.8 Å². The third kappa shape index (κ3) is 4.91. The number of hydrogen-bond donors (Lipinski definition) is 1. The van der Waals surface area contributed by atoms with E-state index in [1.54, 1.807) is 6.20 Å². The Morgan fingerprint density at radius 3 is 2.69 bits per heavy atom. The molecule has 1 N–H and O–H groups in total. The fraction of sp³-hybridized carbons (Fsp3) is 0.316. The molecule has 7 heteroatoms. The highest BCUT2D eigenvalue weighted by atomic mass is 32.2. The first-order chi connectivity index (χ1) is 12.6. The van der Waals surface area contributed by atoms with E-state index in [4.69, 9.17) is 4.84 Å². The van der Waals surface area contributed by atoms with Crippen molar-refractivity contribution in [2.24, 2.45) is 0 Å². The summed E-state index contributed by atoms with van der Waals surface area (Å²) >= 11 is 1.02. The molecule has 6 nitrogen and oxygen atoms in total. The van der Waals surface area contributed by atoms with Gasteiger partial charge in [-0.15, -0.1) is 5.06 Å². The van der Waals surface area contributed by atoms with E-state index in [0.717, 1.165) is 28.1 Å². The number of thioether (sulfide) groups is 1. The minimum atomic E-state index is -0.429. The van der Waals surface area contributed by atoms with Crippen LogP contribution in [-0.4, -0.2) is 39.1 Å². The monoisotopic (exact) mass is 371 g/mol. The number of rotatable bonds is 8. The number of nitrogens with zero attached hydrogens (tertiary/aromatic N) is 2. The molecule has 2 atom stereocenters. The molecule has 0 aliphatic carbocycles. The van der Waals surface area contributed by atoms with Crippen molar-refractivity contribution in [1.82, 2.24) is 15.4 Å². The van der Waals surface area contributed by atoms with Crippen molar-refractivity contribution in [2.45, 2.75) is 31.2 Å². The first-order valence-corrected chi connectivity index (χ1v) is 9.36. The van der Waals surface area contributed by atoms with Crippen LogP contribution in [0.1, 0.15) is 18.2 Å². The SMILES string of the molecule is CC(CON1C(=O)SC(Cc2ccccc2)C1=O)NCc1ccccn1. The maximum absolute atomic E-state index is 12.4. The number of hydroxylamine groups is 2. The van der Waals surface area contributed by atoms with Crippen molar-refractivity contribution in [3.63, 3.8) is 0 Å². The number of nitrogens with one attached hydrogen (secondary N) is 1. The maximum Gasteiger partial charge on any atom is 0.313 e. The summed E-state index contributed by atoms with van der Waals surface area (Å²) in [5.74, 6) is -0.291. The Labute approximate surface area is 156 Å². The van der Waals surface area contributed by atoms with E-state index in [-0.39, 0.29) is 23.8 Å². The quantitative estimate of drug-likeness (QED) is 0.769. The van der Waals surface area contributed by atoms with Gasteiger partial charge in [-0.1, -0.05) is 36.4 Å². The number of pyridine rings is 1. The summed E-state index contributed by atoms with van der Waals surface area (Å²) in [4.78, 5) is 34.2. The average Bonchev–Trinajstić information content (AvgIpc) is 2.93. The van der Waals surface area contributed by atoms with Crippen LogP contribution in [0.5, 0.6) is 0 Å². The normalized spacial score (nSPS) is 18.3. The number of imide groups is 1.